The Hall–Kier alpha value is -0.940. The Bertz CT molecular complexity index is 436. The molecule has 1 saturated heterocycles. The van der Waals surface area contributed by atoms with E-state index >= 15 is 0 Å². The van der Waals surface area contributed by atoms with Crippen molar-refractivity contribution in [1.29, 1.82) is 0 Å². The van der Waals surface area contributed by atoms with E-state index in [1.54, 1.807) is 0 Å². The Morgan fingerprint density at radius 2 is 2.29 bits per heavy atom. The summed E-state index contributed by atoms with van der Waals surface area (Å²) >= 11 is 3.30. The molecule has 0 unspecified atom stereocenters. The fourth-order valence-corrected chi connectivity index (χ4v) is 2.28. The number of carbonyl (C=O) groups excluding carboxylic acids is 1. The molecule has 4 nitrogen and oxygen atoms in total. The maximum atomic E-state index is 12.0. The number of anilines is 1. The highest BCUT2D eigenvalue weighted by atomic mass is 79.9. The van der Waals surface area contributed by atoms with E-state index in [1.165, 1.54) is 0 Å². The van der Waals surface area contributed by atoms with Crippen molar-refractivity contribution < 1.29 is 4.79 Å². The largest absolute Gasteiger partial charge is 0.309 e. The maximum Gasteiger partial charge on any atom is 0.242 e. The number of pyridine rings is 1. The zero-order valence-corrected chi connectivity index (χ0v) is 11.5. The highest BCUT2D eigenvalue weighted by molar-refractivity contribution is 9.10. The second-order valence-corrected chi connectivity index (χ2v) is 5.30. The third kappa shape index (κ3) is 3.04. The molecule has 2 atom stereocenters. The van der Waals surface area contributed by atoms with Crippen molar-refractivity contribution in [3.63, 3.8) is 0 Å². The summed E-state index contributed by atoms with van der Waals surface area (Å²) in [7, 11) is 0. The summed E-state index contributed by atoms with van der Waals surface area (Å²) in [4.78, 5) is 16.3. The van der Waals surface area contributed by atoms with Gasteiger partial charge in [-0.15, -0.1) is 0 Å². The average Bonchev–Trinajstić information content (AvgIpc) is 2.70. The average molecular weight is 298 g/mol. The van der Waals surface area contributed by atoms with E-state index in [1.807, 2.05) is 19.1 Å². The summed E-state index contributed by atoms with van der Waals surface area (Å²) in [6.45, 7) is 4.02. The quantitative estimate of drug-likeness (QED) is 0.823. The number of halogens is 1. The number of nitrogens with one attached hydrogen (secondary N) is 2. The van der Waals surface area contributed by atoms with Crippen LogP contribution in [0.2, 0.25) is 0 Å². The number of amides is 1. The fourth-order valence-electron chi connectivity index (χ4n) is 1.97. The first kappa shape index (κ1) is 12.5. The molecule has 1 fully saturated rings. The highest BCUT2D eigenvalue weighted by Gasteiger charge is 2.26. The van der Waals surface area contributed by atoms with Crippen molar-refractivity contribution in [3.8, 4) is 0 Å². The number of hydrogen-bond donors (Lipinski definition) is 2. The molecule has 1 amide bonds. The number of rotatable bonds is 2. The maximum absolute atomic E-state index is 12.0. The van der Waals surface area contributed by atoms with Gasteiger partial charge in [0, 0.05) is 6.04 Å². The summed E-state index contributed by atoms with van der Waals surface area (Å²) in [5.74, 6) is 0.633. The molecule has 2 rings (SSSR count). The zero-order chi connectivity index (χ0) is 12.4. The number of hydrogen-bond acceptors (Lipinski definition) is 3. The molecule has 0 aliphatic carbocycles. The zero-order valence-electron chi connectivity index (χ0n) is 9.96. The lowest BCUT2D eigenvalue weighted by molar-refractivity contribution is -0.117. The first-order valence-electron chi connectivity index (χ1n) is 5.76. The van der Waals surface area contributed by atoms with Crippen LogP contribution in [0.1, 0.15) is 25.3 Å². The van der Waals surface area contributed by atoms with Gasteiger partial charge in [-0.1, -0.05) is 6.07 Å². The molecule has 1 aliphatic heterocycles. The second kappa shape index (κ2) is 5.14. The topological polar surface area (TPSA) is 54.0 Å². The molecule has 1 aromatic heterocycles. The highest BCUT2D eigenvalue weighted by Crippen LogP contribution is 2.18. The molecular weight excluding hydrogens is 282 g/mol. The summed E-state index contributed by atoms with van der Waals surface area (Å²) in [6, 6.07) is 4.12. The molecule has 0 saturated carbocycles. The van der Waals surface area contributed by atoms with Gasteiger partial charge in [0.1, 0.15) is 10.4 Å². The van der Waals surface area contributed by atoms with Gasteiger partial charge in [-0.2, -0.15) is 0 Å². The van der Waals surface area contributed by atoms with Crippen LogP contribution in [0.5, 0.6) is 0 Å². The number of carbonyl (C=O) groups is 1. The first-order valence-corrected chi connectivity index (χ1v) is 6.55. The molecule has 0 bridgehead atoms. The van der Waals surface area contributed by atoms with Gasteiger partial charge in [-0.3, -0.25) is 4.79 Å². The predicted octanol–water partition coefficient (Wildman–Crippen LogP) is 2.23. The molecule has 0 radical (unpaired) electrons. The lowest BCUT2D eigenvalue weighted by atomic mass is 10.2. The van der Waals surface area contributed by atoms with Gasteiger partial charge < -0.3 is 10.6 Å². The number of aryl methyl sites for hydroxylation is 1. The Morgan fingerprint density at radius 1 is 1.53 bits per heavy atom. The lowest BCUT2D eigenvalue weighted by Gasteiger charge is -2.13. The van der Waals surface area contributed by atoms with E-state index in [-0.39, 0.29) is 11.9 Å². The molecule has 92 valence electrons. The standard InChI is InChI=1S/C12H16BrN3O/c1-7-3-6-10(13)15-11(7)16-12(17)9-5-4-8(2)14-9/h3,6,8-9,14H,4-5H2,1-2H3,(H,15,16,17)/t8-,9-/m0/s1. The van der Waals surface area contributed by atoms with Crippen molar-refractivity contribution in [1.82, 2.24) is 10.3 Å². The van der Waals surface area contributed by atoms with Gasteiger partial charge in [0.05, 0.1) is 6.04 Å². The van der Waals surface area contributed by atoms with Gasteiger partial charge in [-0.25, -0.2) is 4.98 Å². The summed E-state index contributed by atoms with van der Waals surface area (Å²) in [5, 5.41) is 6.13. The molecule has 5 heteroatoms. The van der Waals surface area contributed by atoms with Crippen LogP contribution in [0.4, 0.5) is 5.82 Å². The third-order valence-corrected chi connectivity index (χ3v) is 3.44. The third-order valence-electron chi connectivity index (χ3n) is 3.00. The molecule has 1 aliphatic rings. The van der Waals surface area contributed by atoms with Crippen LogP contribution < -0.4 is 10.6 Å². The number of nitrogens with zero attached hydrogens (tertiary/aromatic N) is 1. The minimum Gasteiger partial charge on any atom is -0.309 e. The molecule has 2 heterocycles. The van der Waals surface area contributed by atoms with Crippen molar-refractivity contribution >= 4 is 27.7 Å². The monoisotopic (exact) mass is 297 g/mol. The van der Waals surface area contributed by atoms with E-state index in [2.05, 4.69) is 38.5 Å². The van der Waals surface area contributed by atoms with Crippen molar-refractivity contribution in [3.05, 3.63) is 22.3 Å². The number of aromatic nitrogens is 1. The molecule has 1 aromatic rings. The van der Waals surface area contributed by atoms with Gasteiger partial charge in [0.15, 0.2) is 0 Å². The van der Waals surface area contributed by atoms with Crippen LogP contribution in [0, 0.1) is 6.92 Å². The second-order valence-electron chi connectivity index (χ2n) is 4.49. The molecular formula is C12H16BrN3O. The van der Waals surface area contributed by atoms with Crippen LogP contribution >= 0.6 is 15.9 Å². The minimum atomic E-state index is -0.0924. The first-order chi connectivity index (χ1) is 8.06. The predicted molar refractivity (Wildman–Crippen MR) is 70.9 cm³/mol. The van der Waals surface area contributed by atoms with E-state index in [0.29, 0.717) is 11.9 Å². The smallest absolute Gasteiger partial charge is 0.242 e. The normalized spacial score (nSPS) is 23.7. The van der Waals surface area contributed by atoms with Gasteiger partial charge in [0.25, 0.3) is 0 Å². The molecule has 2 N–H and O–H groups in total. The van der Waals surface area contributed by atoms with Crippen LogP contribution in [0.3, 0.4) is 0 Å². The SMILES string of the molecule is Cc1ccc(Br)nc1NC(=O)[C@@H]1CC[C@H](C)N1. The fraction of sp³-hybridized carbons (Fsp3) is 0.500. The van der Waals surface area contributed by atoms with E-state index in [4.69, 9.17) is 0 Å². The molecule has 17 heavy (non-hydrogen) atoms. The molecule has 0 spiro atoms. The van der Waals surface area contributed by atoms with E-state index < -0.39 is 0 Å². The van der Waals surface area contributed by atoms with Gasteiger partial charge in [-0.05, 0) is 54.2 Å². The van der Waals surface area contributed by atoms with Crippen molar-refractivity contribution in [2.45, 2.75) is 38.8 Å². The van der Waals surface area contributed by atoms with Crippen LogP contribution in [-0.2, 0) is 4.79 Å². The minimum absolute atomic E-state index is 0.00282. The summed E-state index contributed by atoms with van der Waals surface area (Å²) < 4.78 is 0.728. The lowest BCUT2D eigenvalue weighted by Crippen LogP contribution is -2.38. The Balaban J connectivity index is 2.05. The van der Waals surface area contributed by atoms with Gasteiger partial charge in [0.2, 0.25) is 5.91 Å². The van der Waals surface area contributed by atoms with Crippen molar-refractivity contribution in [2.24, 2.45) is 0 Å². The van der Waals surface area contributed by atoms with E-state index in [9.17, 15) is 4.79 Å². The van der Waals surface area contributed by atoms with E-state index in [0.717, 1.165) is 23.0 Å². The van der Waals surface area contributed by atoms with Crippen LogP contribution in [0.15, 0.2) is 16.7 Å². The Labute approximate surface area is 109 Å². The summed E-state index contributed by atoms with van der Waals surface area (Å²) in [5.41, 5.74) is 0.965. The summed E-state index contributed by atoms with van der Waals surface area (Å²) in [6.07, 6.45) is 1.93. The van der Waals surface area contributed by atoms with Crippen LogP contribution in [-0.4, -0.2) is 23.0 Å². The van der Waals surface area contributed by atoms with Gasteiger partial charge >= 0.3 is 0 Å². The molecule has 0 aromatic carbocycles. The van der Waals surface area contributed by atoms with Crippen molar-refractivity contribution in [2.75, 3.05) is 5.32 Å². The van der Waals surface area contributed by atoms with Crippen LogP contribution in [0.25, 0.3) is 0 Å². The Kier molecular flexibility index (Phi) is 3.79. The Morgan fingerprint density at radius 3 is 2.94 bits per heavy atom.